The first kappa shape index (κ1) is 8.99. The van der Waals surface area contributed by atoms with Crippen molar-refractivity contribution in [2.75, 3.05) is 0 Å². The van der Waals surface area contributed by atoms with Gasteiger partial charge in [-0.2, -0.15) is 0 Å². The second kappa shape index (κ2) is 3.10. The Labute approximate surface area is 70.4 Å². The van der Waals surface area contributed by atoms with Gasteiger partial charge >= 0.3 is 0 Å². The number of carbonyl (C=O) groups is 2. The van der Waals surface area contributed by atoms with Crippen LogP contribution in [0, 0.1) is 0 Å². The van der Waals surface area contributed by atoms with E-state index in [1.807, 2.05) is 0 Å². The normalized spacial score (nSPS) is 26.0. The summed E-state index contributed by atoms with van der Waals surface area (Å²) in [5, 5.41) is 1.05. The predicted molar refractivity (Wildman–Crippen MR) is 40.7 cm³/mol. The van der Waals surface area contributed by atoms with E-state index in [1.165, 1.54) is 6.92 Å². The van der Waals surface area contributed by atoms with Gasteiger partial charge in [-0.3, -0.25) is 14.4 Å². The number of nitrogens with zero attached hydrogens (tertiary/aromatic N) is 1. The third-order valence-corrected chi connectivity index (χ3v) is 1.76. The Morgan fingerprint density at radius 2 is 2.42 bits per heavy atom. The Bertz CT molecular complexity index is 217. The van der Waals surface area contributed by atoms with Crippen molar-refractivity contribution in [3.05, 3.63) is 0 Å². The zero-order valence-electron chi connectivity index (χ0n) is 7.11. The molecule has 1 rings (SSSR count). The summed E-state index contributed by atoms with van der Waals surface area (Å²) in [6, 6.07) is -0.678. The van der Waals surface area contributed by atoms with Crippen molar-refractivity contribution < 1.29 is 14.4 Å². The summed E-state index contributed by atoms with van der Waals surface area (Å²) >= 11 is 0. The molecule has 0 unspecified atom stereocenters. The molecule has 0 bridgehead atoms. The molecule has 5 heteroatoms. The number of carbonyl (C=O) groups excluding carboxylic acids is 2. The van der Waals surface area contributed by atoms with Crippen LogP contribution in [-0.4, -0.2) is 29.0 Å². The lowest BCUT2D eigenvalue weighted by molar-refractivity contribution is -0.185. The molecule has 0 aromatic heterocycles. The van der Waals surface area contributed by atoms with Crippen LogP contribution < -0.4 is 5.73 Å². The molecule has 0 saturated carbocycles. The maximum atomic E-state index is 11.1. The van der Waals surface area contributed by atoms with Crippen LogP contribution in [0.2, 0.25) is 0 Å². The van der Waals surface area contributed by atoms with Gasteiger partial charge in [-0.25, -0.2) is 5.06 Å². The highest BCUT2D eigenvalue weighted by molar-refractivity contribution is 5.86. The van der Waals surface area contributed by atoms with Crippen molar-refractivity contribution >= 4 is 11.8 Å². The van der Waals surface area contributed by atoms with Crippen LogP contribution in [0.5, 0.6) is 0 Å². The summed E-state index contributed by atoms with van der Waals surface area (Å²) in [6.07, 6.45) is 0.164. The van der Waals surface area contributed by atoms with Crippen molar-refractivity contribution in [3.8, 4) is 0 Å². The average molecular weight is 172 g/mol. The highest BCUT2D eigenvalue weighted by atomic mass is 16.7. The minimum Gasteiger partial charge on any atom is -0.368 e. The molecule has 2 N–H and O–H groups in total. The number of primary amides is 1. The van der Waals surface area contributed by atoms with Crippen LogP contribution in [0.1, 0.15) is 20.3 Å². The van der Waals surface area contributed by atoms with Gasteiger partial charge in [0, 0.05) is 0 Å². The Morgan fingerprint density at radius 1 is 1.83 bits per heavy atom. The van der Waals surface area contributed by atoms with Gasteiger partial charge in [0.25, 0.3) is 0 Å². The SMILES string of the molecule is C[C@@H]1CC(=O)N([C@@H](C)C(N)=O)O1. The quantitative estimate of drug-likeness (QED) is 0.605. The van der Waals surface area contributed by atoms with Crippen LogP contribution in [0.15, 0.2) is 0 Å². The van der Waals surface area contributed by atoms with Gasteiger partial charge < -0.3 is 5.73 Å². The Morgan fingerprint density at radius 3 is 2.75 bits per heavy atom. The lowest BCUT2D eigenvalue weighted by Crippen LogP contribution is -2.42. The molecule has 2 atom stereocenters. The van der Waals surface area contributed by atoms with E-state index in [9.17, 15) is 9.59 Å². The summed E-state index contributed by atoms with van der Waals surface area (Å²) in [5.74, 6) is -0.744. The van der Waals surface area contributed by atoms with Crippen molar-refractivity contribution in [1.29, 1.82) is 0 Å². The molecule has 0 aromatic carbocycles. The van der Waals surface area contributed by atoms with Gasteiger partial charge in [0.1, 0.15) is 6.04 Å². The second-order valence-corrected chi connectivity index (χ2v) is 2.92. The largest absolute Gasteiger partial charge is 0.368 e. The number of hydroxylamine groups is 2. The van der Waals surface area contributed by atoms with E-state index in [0.717, 1.165) is 5.06 Å². The molecule has 12 heavy (non-hydrogen) atoms. The van der Waals surface area contributed by atoms with Gasteiger partial charge in [0.2, 0.25) is 11.8 Å². The number of hydrogen-bond donors (Lipinski definition) is 1. The fourth-order valence-electron chi connectivity index (χ4n) is 1.05. The maximum Gasteiger partial charge on any atom is 0.249 e. The number of rotatable bonds is 2. The third-order valence-electron chi connectivity index (χ3n) is 1.76. The minimum absolute atomic E-state index is 0.153. The number of hydrogen-bond acceptors (Lipinski definition) is 3. The maximum absolute atomic E-state index is 11.1. The summed E-state index contributed by atoms with van der Waals surface area (Å²) in [6.45, 7) is 3.31. The molecule has 1 heterocycles. The fraction of sp³-hybridized carbons (Fsp3) is 0.714. The lowest BCUT2D eigenvalue weighted by atomic mass is 10.2. The summed E-state index contributed by atoms with van der Waals surface area (Å²) in [5.41, 5.74) is 5.01. The van der Waals surface area contributed by atoms with E-state index in [0.29, 0.717) is 6.42 Å². The van der Waals surface area contributed by atoms with Gasteiger partial charge in [0.05, 0.1) is 12.5 Å². The van der Waals surface area contributed by atoms with Gasteiger partial charge in [0.15, 0.2) is 0 Å². The summed E-state index contributed by atoms with van der Waals surface area (Å²) < 4.78 is 0. The fourth-order valence-corrected chi connectivity index (χ4v) is 1.05. The van der Waals surface area contributed by atoms with Gasteiger partial charge in [-0.1, -0.05) is 0 Å². The molecule has 0 aliphatic carbocycles. The van der Waals surface area contributed by atoms with E-state index in [4.69, 9.17) is 10.6 Å². The van der Waals surface area contributed by atoms with E-state index < -0.39 is 11.9 Å². The van der Waals surface area contributed by atoms with Gasteiger partial charge in [-0.05, 0) is 13.8 Å². The van der Waals surface area contributed by atoms with Crippen LogP contribution in [0.4, 0.5) is 0 Å². The van der Waals surface area contributed by atoms with Crippen LogP contribution in [-0.2, 0) is 14.4 Å². The first-order valence-corrected chi connectivity index (χ1v) is 3.80. The molecule has 1 saturated heterocycles. The Kier molecular flexibility index (Phi) is 2.32. The molecule has 0 spiro atoms. The van der Waals surface area contributed by atoms with E-state index in [1.54, 1.807) is 6.92 Å². The first-order valence-electron chi connectivity index (χ1n) is 3.80. The topological polar surface area (TPSA) is 72.6 Å². The highest BCUT2D eigenvalue weighted by Crippen LogP contribution is 2.16. The summed E-state index contributed by atoms with van der Waals surface area (Å²) in [4.78, 5) is 26.9. The van der Waals surface area contributed by atoms with Crippen molar-refractivity contribution in [2.45, 2.75) is 32.4 Å². The van der Waals surface area contributed by atoms with Gasteiger partial charge in [-0.15, -0.1) is 0 Å². The molecular formula is C7H12N2O3. The molecule has 1 fully saturated rings. The van der Waals surface area contributed by atoms with Crippen molar-refractivity contribution in [2.24, 2.45) is 5.73 Å². The van der Waals surface area contributed by atoms with E-state index in [2.05, 4.69) is 0 Å². The molecule has 1 aliphatic rings. The Balaban J connectivity index is 2.64. The highest BCUT2D eigenvalue weighted by Gasteiger charge is 2.33. The molecular weight excluding hydrogens is 160 g/mol. The zero-order valence-corrected chi connectivity index (χ0v) is 7.11. The summed E-state index contributed by atoms with van der Waals surface area (Å²) in [7, 11) is 0. The molecule has 68 valence electrons. The molecule has 0 aromatic rings. The van der Waals surface area contributed by atoms with Crippen LogP contribution in [0.3, 0.4) is 0 Å². The number of nitrogens with two attached hydrogens (primary N) is 1. The molecule has 5 nitrogen and oxygen atoms in total. The van der Waals surface area contributed by atoms with Crippen LogP contribution in [0.25, 0.3) is 0 Å². The third kappa shape index (κ3) is 1.55. The monoisotopic (exact) mass is 172 g/mol. The van der Waals surface area contributed by atoms with E-state index >= 15 is 0 Å². The van der Waals surface area contributed by atoms with E-state index in [-0.39, 0.29) is 12.0 Å². The zero-order chi connectivity index (χ0) is 9.30. The van der Waals surface area contributed by atoms with Crippen LogP contribution >= 0.6 is 0 Å². The van der Waals surface area contributed by atoms with Crippen molar-refractivity contribution in [3.63, 3.8) is 0 Å². The molecule has 2 amide bonds. The first-order chi connectivity index (χ1) is 5.52. The minimum atomic E-state index is -0.678. The predicted octanol–water partition coefficient (Wildman–Crippen LogP) is -0.587. The lowest BCUT2D eigenvalue weighted by Gasteiger charge is -2.19. The standard InChI is InChI=1S/C7H12N2O3/c1-4-3-6(10)9(12-4)5(2)7(8)11/h4-5H,3H2,1-2H3,(H2,8,11)/t4-,5+/m1/s1. The second-order valence-electron chi connectivity index (χ2n) is 2.92. The number of amides is 2. The molecule has 0 radical (unpaired) electrons. The smallest absolute Gasteiger partial charge is 0.249 e. The average Bonchev–Trinajstić information content (AvgIpc) is 2.28. The molecule has 1 aliphatic heterocycles. The van der Waals surface area contributed by atoms with Crippen molar-refractivity contribution in [1.82, 2.24) is 5.06 Å². The Hall–Kier alpha value is -1.10.